The summed E-state index contributed by atoms with van der Waals surface area (Å²) in [5.41, 5.74) is 2.30. The number of Topliss-reactive ketones (excluding diaryl/α,β-unsaturated/α-hetero) is 1. The number of rotatable bonds is 7. The zero-order valence-electron chi connectivity index (χ0n) is 16.7. The van der Waals surface area contributed by atoms with Gasteiger partial charge in [-0.2, -0.15) is 0 Å². The van der Waals surface area contributed by atoms with Crippen LogP contribution in [-0.2, 0) is 20.7 Å². The van der Waals surface area contributed by atoms with E-state index in [1.807, 2.05) is 42.5 Å². The number of esters is 2. The SMILES string of the molecule is CCOC(=O)c1c(C)[nH]c(C)c1C(=O)COC(=O)Cc1ccc2ccccc2c1. The summed E-state index contributed by atoms with van der Waals surface area (Å²) in [4.78, 5) is 40.0. The highest BCUT2D eigenvalue weighted by atomic mass is 16.5. The maximum atomic E-state index is 12.6. The first-order valence-corrected chi connectivity index (χ1v) is 9.43. The van der Waals surface area contributed by atoms with Crippen LogP contribution in [0.15, 0.2) is 42.5 Å². The van der Waals surface area contributed by atoms with Crippen LogP contribution < -0.4 is 0 Å². The van der Waals surface area contributed by atoms with Crippen molar-refractivity contribution in [3.8, 4) is 0 Å². The van der Waals surface area contributed by atoms with Gasteiger partial charge in [0.15, 0.2) is 6.61 Å². The van der Waals surface area contributed by atoms with Gasteiger partial charge < -0.3 is 14.5 Å². The van der Waals surface area contributed by atoms with E-state index in [4.69, 9.17) is 9.47 Å². The predicted octanol–water partition coefficient (Wildman–Crippen LogP) is 3.93. The Morgan fingerprint density at radius 1 is 0.897 bits per heavy atom. The third-order valence-electron chi connectivity index (χ3n) is 4.66. The highest BCUT2D eigenvalue weighted by molar-refractivity contribution is 6.09. The third kappa shape index (κ3) is 4.54. The average molecular weight is 393 g/mol. The molecule has 29 heavy (non-hydrogen) atoms. The van der Waals surface area contributed by atoms with Crippen LogP contribution in [0.5, 0.6) is 0 Å². The quantitative estimate of drug-likeness (QED) is 0.486. The van der Waals surface area contributed by atoms with Gasteiger partial charge in [0.05, 0.1) is 24.2 Å². The summed E-state index contributed by atoms with van der Waals surface area (Å²) in [7, 11) is 0. The van der Waals surface area contributed by atoms with Gasteiger partial charge in [-0.05, 0) is 37.1 Å². The molecular formula is C23H23NO5. The third-order valence-corrected chi connectivity index (χ3v) is 4.66. The molecule has 0 unspecified atom stereocenters. The number of hydrogen-bond donors (Lipinski definition) is 1. The van der Waals surface area contributed by atoms with Crippen molar-refractivity contribution >= 4 is 28.5 Å². The normalized spacial score (nSPS) is 10.7. The summed E-state index contributed by atoms with van der Waals surface area (Å²) >= 11 is 0. The zero-order chi connectivity index (χ0) is 21.0. The fourth-order valence-electron chi connectivity index (χ4n) is 3.37. The molecule has 0 atom stereocenters. The molecule has 1 aromatic heterocycles. The molecule has 0 fully saturated rings. The first-order valence-electron chi connectivity index (χ1n) is 9.43. The Labute approximate surface area is 168 Å². The van der Waals surface area contributed by atoms with Crippen molar-refractivity contribution in [3.05, 3.63) is 70.5 Å². The average Bonchev–Trinajstić information content (AvgIpc) is 3.00. The smallest absolute Gasteiger partial charge is 0.340 e. The van der Waals surface area contributed by atoms with E-state index in [1.165, 1.54) is 0 Å². The maximum Gasteiger partial charge on any atom is 0.340 e. The number of fused-ring (bicyclic) bond motifs is 1. The lowest BCUT2D eigenvalue weighted by Gasteiger charge is -2.08. The Hall–Kier alpha value is -3.41. The lowest BCUT2D eigenvalue weighted by Crippen LogP contribution is -2.19. The predicted molar refractivity (Wildman–Crippen MR) is 109 cm³/mol. The molecule has 0 aliphatic carbocycles. The van der Waals surface area contributed by atoms with E-state index < -0.39 is 24.3 Å². The number of ether oxygens (including phenoxy) is 2. The lowest BCUT2D eigenvalue weighted by molar-refractivity contribution is -0.141. The van der Waals surface area contributed by atoms with Crippen LogP contribution in [0.1, 0.15) is 44.6 Å². The van der Waals surface area contributed by atoms with Crippen LogP contribution in [0.4, 0.5) is 0 Å². The van der Waals surface area contributed by atoms with Gasteiger partial charge in [-0.3, -0.25) is 9.59 Å². The molecule has 0 aliphatic heterocycles. The van der Waals surface area contributed by atoms with Crippen molar-refractivity contribution in [1.82, 2.24) is 4.98 Å². The molecule has 0 radical (unpaired) electrons. The number of aromatic nitrogens is 1. The molecule has 1 heterocycles. The number of carbonyl (C=O) groups is 3. The number of nitrogens with one attached hydrogen (secondary N) is 1. The van der Waals surface area contributed by atoms with Crippen LogP contribution >= 0.6 is 0 Å². The minimum atomic E-state index is -0.569. The first-order chi connectivity index (χ1) is 13.9. The summed E-state index contributed by atoms with van der Waals surface area (Å²) in [5.74, 6) is -1.52. The second-order valence-electron chi connectivity index (χ2n) is 6.79. The summed E-state index contributed by atoms with van der Waals surface area (Å²) in [6, 6.07) is 13.6. The Morgan fingerprint density at radius 2 is 1.59 bits per heavy atom. The largest absolute Gasteiger partial charge is 0.462 e. The first kappa shape index (κ1) is 20.3. The van der Waals surface area contributed by atoms with Gasteiger partial charge in [0, 0.05) is 11.4 Å². The Kier molecular flexibility index (Phi) is 6.12. The number of carbonyl (C=O) groups excluding carboxylic acids is 3. The van der Waals surface area contributed by atoms with Gasteiger partial charge in [0.1, 0.15) is 0 Å². The van der Waals surface area contributed by atoms with E-state index in [9.17, 15) is 14.4 Å². The van der Waals surface area contributed by atoms with Gasteiger partial charge in [0.2, 0.25) is 5.78 Å². The summed E-state index contributed by atoms with van der Waals surface area (Å²) in [5, 5.41) is 2.12. The minimum Gasteiger partial charge on any atom is -0.462 e. The Bertz CT molecular complexity index is 1080. The van der Waals surface area contributed by atoms with Crippen molar-refractivity contribution in [2.75, 3.05) is 13.2 Å². The molecule has 6 heteroatoms. The molecule has 6 nitrogen and oxygen atoms in total. The number of aryl methyl sites for hydroxylation is 2. The number of hydrogen-bond acceptors (Lipinski definition) is 5. The van der Waals surface area contributed by atoms with Gasteiger partial charge in [-0.1, -0.05) is 42.5 Å². The molecule has 3 aromatic rings. The number of aromatic amines is 1. The highest BCUT2D eigenvalue weighted by Gasteiger charge is 2.26. The van der Waals surface area contributed by atoms with Crippen molar-refractivity contribution in [2.45, 2.75) is 27.2 Å². The molecule has 3 rings (SSSR count). The molecule has 1 N–H and O–H groups in total. The fraction of sp³-hybridized carbons (Fsp3) is 0.261. The van der Waals surface area contributed by atoms with Crippen molar-refractivity contribution in [1.29, 1.82) is 0 Å². The fourth-order valence-corrected chi connectivity index (χ4v) is 3.37. The topological polar surface area (TPSA) is 85.5 Å². The molecule has 0 spiro atoms. The molecule has 0 bridgehead atoms. The van der Waals surface area contributed by atoms with Crippen LogP contribution in [0.2, 0.25) is 0 Å². The molecule has 0 amide bonds. The zero-order valence-corrected chi connectivity index (χ0v) is 16.7. The van der Waals surface area contributed by atoms with E-state index in [0.29, 0.717) is 11.4 Å². The number of benzene rings is 2. The van der Waals surface area contributed by atoms with Crippen molar-refractivity contribution in [3.63, 3.8) is 0 Å². The molecule has 150 valence electrons. The minimum absolute atomic E-state index is 0.0635. The van der Waals surface area contributed by atoms with Gasteiger partial charge >= 0.3 is 11.9 Å². The molecular weight excluding hydrogens is 370 g/mol. The van der Waals surface area contributed by atoms with E-state index >= 15 is 0 Å². The highest BCUT2D eigenvalue weighted by Crippen LogP contribution is 2.21. The molecule has 0 saturated heterocycles. The Balaban J connectivity index is 1.67. The second-order valence-corrected chi connectivity index (χ2v) is 6.79. The lowest BCUT2D eigenvalue weighted by atomic mass is 10.0. The van der Waals surface area contributed by atoms with Crippen LogP contribution in [0.25, 0.3) is 10.8 Å². The second kappa shape index (κ2) is 8.73. The Morgan fingerprint density at radius 3 is 2.31 bits per heavy atom. The van der Waals surface area contributed by atoms with Gasteiger partial charge in [0.25, 0.3) is 0 Å². The maximum absolute atomic E-state index is 12.6. The van der Waals surface area contributed by atoms with Crippen molar-refractivity contribution in [2.24, 2.45) is 0 Å². The summed E-state index contributed by atoms with van der Waals surface area (Å²) < 4.78 is 10.2. The monoisotopic (exact) mass is 393 g/mol. The van der Waals surface area contributed by atoms with Crippen LogP contribution in [-0.4, -0.2) is 35.9 Å². The summed E-state index contributed by atoms with van der Waals surface area (Å²) in [6.07, 6.45) is 0.0635. The molecule has 2 aromatic carbocycles. The van der Waals surface area contributed by atoms with Crippen LogP contribution in [0.3, 0.4) is 0 Å². The van der Waals surface area contributed by atoms with E-state index in [0.717, 1.165) is 16.3 Å². The number of H-pyrrole nitrogens is 1. The van der Waals surface area contributed by atoms with E-state index in [-0.39, 0.29) is 24.2 Å². The van der Waals surface area contributed by atoms with Crippen molar-refractivity contribution < 1.29 is 23.9 Å². The number of ketones is 1. The van der Waals surface area contributed by atoms with Crippen LogP contribution in [0, 0.1) is 13.8 Å². The van der Waals surface area contributed by atoms with Gasteiger partial charge in [-0.15, -0.1) is 0 Å². The summed E-state index contributed by atoms with van der Waals surface area (Å²) in [6.45, 7) is 4.86. The standard InChI is InChI=1S/C23H23NO5/c1-4-28-23(27)22-15(3)24-14(2)21(22)19(25)13-29-20(26)12-16-9-10-17-7-5-6-8-18(17)11-16/h5-11,24H,4,12-13H2,1-3H3. The van der Waals surface area contributed by atoms with Gasteiger partial charge in [-0.25, -0.2) is 4.79 Å². The van der Waals surface area contributed by atoms with E-state index in [1.54, 1.807) is 20.8 Å². The van der Waals surface area contributed by atoms with E-state index in [2.05, 4.69) is 4.98 Å². The molecule has 0 aliphatic rings. The molecule has 0 saturated carbocycles.